The Labute approximate surface area is 85.7 Å². The van der Waals surface area contributed by atoms with Crippen molar-refractivity contribution in [3.05, 3.63) is 49.1 Å². The smallest absolute Gasteiger partial charge is 0.119 e. The van der Waals surface area contributed by atoms with Crippen LogP contribution in [0, 0.1) is 0 Å². The lowest BCUT2D eigenvalue weighted by Crippen LogP contribution is -2.05. The van der Waals surface area contributed by atoms with Crippen LogP contribution in [0.5, 0.6) is 5.75 Å². The van der Waals surface area contributed by atoms with Crippen molar-refractivity contribution in [3.8, 4) is 5.75 Å². The molecule has 74 valence electrons. The predicted octanol–water partition coefficient (Wildman–Crippen LogP) is 3.67. The molecule has 1 aromatic rings. The molecule has 0 aromatic heterocycles. The summed E-state index contributed by atoms with van der Waals surface area (Å²) in [6.07, 6.45) is 1.96. The Kier molecular flexibility index (Phi) is 3.52. The van der Waals surface area contributed by atoms with E-state index in [0.29, 0.717) is 0 Å². The second kappa shape index (κ2) is 4.66. The van der Waals surface area contributed by atoms with Gasteiger partial charge in [0.25, 0.3) is 0 Å². The van der Waals surface area contributed by atoms with Crippen molar-refractivity contribution in [2.24, 2.45) is 0 Å². The van der Waals surface area contributed by atoms with Crippen LogP contribution in [0.1, 0.15) is 19.4 Å². The molecule has 0 N–H and O–H groups in total. The standard InChI is InChI=1S/C13H16O/c1-5-11(4)12-6-8-13(9-7-12)14-10(2)3/h5-10H,1,4H2,2-3H3. The molecule has 0 radical (unpaired) electrons. The quantitative estimate of drug-likeness (QED) is 0.655. The third-order valence-electron chi connectivity index (χ3n) is 1.84. The topological polar surface area (TPSA) is 9.23 Å². The fraction of sp³-hybridized carbons (Fsp3) is 0.231. The molecule has 14 heavy (non-hydrogen) atoms. The molecule has 0 amide bonds. The van der Waals surface area contributed by atoms with Gasteiger partial charge in [-0.3, -0.25) is 0 Å². The summed E-state index contributed by atoms with van der Waals surface area (Å²) < 4.78 is 5.53. The van der Waals surface area contributed by atoms with E-state index in [-0.39, 0.29) is 6.10 Å². The molecule has 1 aromatic carbocycles. The van der Waals surface area contributed by atoms with Gasteiger partial charge < -0.3 is 4.74 Å². The highest BCUT2D eigenvalue weighted by Crippen LogP contribution is 2.18. The van der Waals surface area contributed by atoms with E-state index in [0.717, 1.165) is 16.9 Å². The normalized spacial score (nSPS) is 9.93. The summed E-state index contributed by atoms with van der Waals surface area (Å²) in [5.41, 5.74) is 2.01. The molecule has 0 aliphatic heterocycles. The van der Waals surface area contributed by atoms with Crippen molar-refractivity contribution in [1.29, 1.82) is 0 Å². The maximum absolute atomic E-state index is 5.53. The molecule has 0 saturated carbocycles. The summed E-state index contributed by atoms with van der Waals surface area (Å²) >= 11 is 0. The summed E-state index contributed by atoms with van der Waals surface area (Å²) in [7, 11) is 0. The number of rotatable bonds is 4. The SMILES string of the molecule is C=CC(=C)c1ccc(OC(C)C)cc1. The molecular weight excluding hydrogens is 172 g/mol. The third kappa shape index (κ3) is 2.77. The van der Waals surface area contributed by atoms with Crippen molar-refractivity contribution >= 4 is 5.57 Å². The van der Waals surface area contributed by atoms with Gasteiger partial charge in [0.2, 0.25) is 0 Å². The van der Waals surface area contributed by atoms with Gasteiger partial charge in [0.05, 0.1) is 6.10 Å². The van der Waals surface area contributed by atoms with Gasteiger partial charge in [-0.1, -0.05) is 31.4 Å². The molecule has 0 spiro atoms. The Morgan fingerprint density at radius 2 is 1.86 bits per heavy atom. The first-order valence-corrected chi connectivity index (χ1v) is 4.72. The average molecular weight is 188 g/mol. The summed E-state index contributed by atoms with van der Waals surface area (Å²) in [4.78, 5) is 0. The molecule has 0 saturated heterocycles. The summed E-state index contributed by atoms with van der Waals surface area (Å²) in [5.74, 6) is 0.889. The second-order valence-electron chi connectivity index (χ2n) is 3.42. The van der Waals surface area contributed by atoms with Gasteiger partial charge in [-0.05, 0) is 37.1 Å². The first-order valence-electron chi connectivity index (χ1n) is 4.72. The summed E-state index contributed by atoms with van der Waals surface area (Å²) in [6, 6.07) is 7.87. The van der Waals surface area contributed by atoms with Gasteiger partial charge in [0.15, 0.2) is 0 Å². The summed E-state index contributed by atoms with van der Waals surface area (Å²) in [6.45, 7) is 11.6. The predicted molar refractivity (Wildman–Crippen MR) is 61.4 cm³/mol. The largest absolute Gasteiger partial charge is 0.491 e. The minimum Gasteiger partial charge on any atom is -0.491 e. The molecule has 0 unspecified atom stereocenters. The van der Waals surface area contributed by atoms with Gasteiger partial charge in [0, 0.05) is 0 Å². The first-order chi connectivity index (χ1) is 6.63. The van der Waals surface area contributed by atoms with Crippen molar-refractivity contribution in [3.63, 3.8) is 0 Å². The molecule has 1 rings (SSSR count). The van der Waals surface area contributed by atoms with Gasteiger partial charge >= 0.3 is 0 Å². The minimum absolute atomic E-state index is 0.212. The van der Waals surface area contributed by atoms with Crippen LogP contribution in [0.15, 0.2) is 43.5 Å². The van der Waals surface area contributed by atoms with Crippen LogP contribution in [-0.4, -0.2) is 6.10 Å². The Morgan fingerprint density at radius 1 is 1.29 bits per heavy atom. The zero-order valence-electron chi connectivity index (χ0n) is 8.79. The lowest BCUT2D eigenvalue weighted by Gasteiger charge is -2.09. The van der Waals surface area contributed by atoms with Crippen molar-refractivity contribution < 1.29 is 4.74 Å². The summed E-state index contributed by atoms with van der Waals surface area (Å²) in [5, 5.41) is 0. The van der Waals surface area contributed by atoms with E-state index in [1.54, 1.807) is 6.08 Å². The number of hydrogen-bond acceptors (Lipinski definition) is 1. The molecule has 0 heterocycles. The molecule has 1 heteroatoms. The van der Waals surface area contributed by atoms with E-state index in [1.165, 1.54) is 0 Å². The van der Waals surface area contributed by atoms with Crippen molar-refractivity contribution in [2.75, 3.05) is 0 Å². The molecule has 0 aliphatic rings. The van der Waals surface area contributed by atoms with E-state index >= 15 is 0 Å². The first kappa shape index (κ1) is 10.6. The molecular formula is C13H16O. The van der Waals surface area contributed by atoms with E-state index in [2.05, 4.69) is 13.2 Å². The molecule has 0 fully saturated rings. The fourth-order valence-electron chi connectivity index (χ4n) is 1.14. The highest BCUT2D eigenvalue weighted by Gasteiger charge is 1.98. The van der Waals surface area contributed by atoms with Crippen molar-refractivity contribution in [2.45, 2.75) is 20.0 Å². The van der Waals surface area contributed by atoms with Crippen LogP contribution in [0.25, 0.3) is 5.57 Å². The highest BCUT2D eigenvalue weighted by atomic mass is 16.5. The van der Waals surface area contributed by atoms with E-state index in [4.69, 9.17) is 4.74 Å². The second-order valence-corrected chi connectivity index (χ2v) is 3.42. The number of hydrogen-bond donors (Lipinski definition) is 0. The monoisotopic (exact) mass is 188 g/mol. The minimum atomic E-state index is 0.212. The third-order valence-corrected chi connectivity index (χ3v) is 1.84. The van der Waals surface area contributed by atoms with Gasteiger partial charge in [-0.25, -0.2) is 0 Å². The Balaban J connectivity index is 2.78. The van der Waals surface area contributed by atoms with E-state index in [1.807, 2.05) is 38.1 Å². The average Bonchev–Trinajstić information content (AvgIpc) is 2.17. The van der Waals surface area contributed by atoms with Crippen LogP contribution in [-0.2, 0) is 0 Å². The van der Waals surface area contributed by atoms with Crippen LogP contribution in [0.4, 0.5) is 0 Å². The zero-order valence-corrected chi connectivity index (χ0v) is 8.79. The number of benzene rings is 1. The van der Waals surface area contributed by atoms with E-state index < -0.39 is 0 Å². The molecule has 1 nitrogen and oxygen atoms in total. The van der Waals surface area contributed by atoms with Crippen LogP contribution in [0.2, 0.25) is 0 Å². The van der Waals surface area contributed by atoms with E-state index in [9.17, 15) is 0 Å². The molecule has 0 atom stereocenters. The highest BCUT2D eigenvalue weighted by molar-refractivity contribution is 5.71. The van der Waals surface area contributed by atoms with Crippen LogP contribution < -0.4 is 4.74 Å². The Hall–Kier alpha value is -1.50. The van der Waals surface area contributed by atoms with Gasteiger partial charge in [-0.15, -0.1) is 0 Å². The van der Waals surface area contributed by atoms with Crippen LogP contribution >= 0.6 is 0 Å². The lowest BCUT2D eigenvalue weighted by molar-refractivity contribution is 0.242. The molecule has 0 bridgehead atoms. The molecule has 0 aliphatic carbocycles. The fourth-order valence-corrected chi connectivity index (χ4v) is 1.14. The Morgan fingerprint density at radius 3 is 2.29 bits per heavy atom. The maximum atomic E-state index is 5.53. The lowest BCUT2D eigenvalue weighted by atomic mass is 10.1. The number of ether oxygens (including phenoxy) is 1. The van der Waals surface area contributed by atoms with Crippen LogP contribution in [0.3, 0.4) is 0 Å². The van der Waals surface area contributed by atoms with Gasteiger partial charge in [0.1, 0.15) is 5.75 Å². The maximum Gasteiger partial charge on any atom is 0.119 e. The van der Waals surface area contributed by atoms with Gasteiger partial charge in [-0.2, -0.15) is 0 Å². The zero-order chi connectivity index (χ0) is 10.6. The number of allylic oxidation sites excluding steroid dienone is 2. The Bertz CT molecular complexity index is 320. The van der Waals surface area contributed by atoms with Crippen molar-refractivity contribution in [1.82, 2.24) is 0 Å².